The van der Waals surface area contributed by atoms with Crippen LogP contribution in [0.1, 0.15) is 34.1 Å². The maximum Gasteiger partial charge on any atom is 0.262 e. The van der Waals surface area contributed by atoms with Gasteiger partial charge in [0.1, 0.15) is 11.6 Å². The Morgan fingerprint density at radius 3 is 2.31 bits per heavy atom. The van der Waals surface area contributed by atoms with Gasteiger partial charge in [0.25, 0.3) is 5.91 Å². The van der Waals surface area contributed by atoms with Crippen molar-refractivity contribution in [2.24, 2.45) is 0 Å². The fourth-order valence-corrected chi connectivity index (χ4v) is 5.40. The summed E-state index contributed by atoms with van der Waals surface area (Å²) < 4.78 is 27.9. The third kappa shape index (κ3) is 7.16. The van der Waals surface area contributed by atoms with Crippen LogP contribution in [-0.2, 0) is 29.8 Å². The molecule has 0 aliphatic heterocycles. The first-order chi connectivity index (χ1) is 18.8. The number of rotatable bonds is 12. The van der Waals surface area contributed by atoms with Crippen molar-refractivity contribution in [3.8, 4) is 0 Å². The average molecular weight is 551 g/mol. The molecule has 1 aromatic heterocycles. The lowest BCUT2D eigenvalue weighted by Gasteiger charge is -2.31. The van der Waals surface area contributed by atoms with Gasteiger partial charge in [-0.05, 0) is 58.7 Å². The van der Waals surface area contributed by atoms with Gasteiger partial charge >= 0.3 is 0 Å². The topological polar surface area (TPSA) is 81.6 Å². The smallest absolute Gasteiger partial charge is 0.262 e. The lowest BCUT2D eigenvalue weighted by atomic mass is 9.90. The number of hydrogen-bond acceptors (Lipinski definition) is 5. The zero-order valence-electron chi connectivity index (χ0n) is 21.6. The first-order valence-corrected chi connectivity index (χ1v) is 13.7. The summed E-state index contributed by atoms with van der Waals surface area (Å²) in [6.45, 7) is 2.66. The van der Waals surface area contributed by atoms with Gasteiger partial charge in [-0.2, -0.15) is 0 Å². The molecule has 1 amide bonds. The molecule has 4 aromatic rings. The molecule has 1 heterocycles. The second-order valence-corrected chi connectivity index (χ2v) is 10.4. The number of aryl methyl sites for hydroxylation is 1. The van der Waals surface area contributed by atoms with E-state index in [4.69, 9.17) is 0 Å². The second kappa shape index (κ2) is 13.1. The molecule has 204 valence electrons. The molecule has 3 aromatic carbocycles. The van der Waals surface area contributed by atoms with Gasteiger partial charge in [-0.25, -0.2) is 8.78 Å². The minimum absolute atomic E-state index is 0.0517. The van der Waals surface area contributed by atoms with Crippen LogP contribution < -0.4 is 10.6 Å². The standard InChI is InChI=1S/C31H32F2N2O3S/c1-2-21-8-6-9-22(14-21)19-34-20-28(36)27(17-23-15-25(32)18-26(33)16-23)35-30(37)31(38,29-12-7-13-39-29)24-10-4-3-5-11-24/h3-16,18,27-28,34,36,38H,2,17,19-20H2,1H3,(H,35,37)/t27-,28-,31?/m0/s1. The highest BCUT2D eigenvalue weighted by atomic mass is 32.1. The molecule has 39 heavy (non-hydrogen) atoms. The van der Waals surface area contributed by atoms with Crippen LogP contribution in [-0.4, -0.2) is 34.8 Å². The summed E-state index contributed by atoms with van der Waals surface area (Å²) in [5.41, 5.74) is 0.859. The van der Waals surface area contributed by atoms with Crippen molar-refractivity contribution in [1.29, 1.82) is 0 Å². The molecule has 5 nitrogen and oxygen atoms in total. The minimum atomic E-state index is -2.02. The van der Waals surface area contributed by atoms with Crippen LogP contribution in [0.2, 0.25) is 0 Å². The van der Waals surface area contributed by atoms with Gasteiger partial charge in [0.15, 0.2) is 0 Å². The molecule has 0 saturated heterocycles. The molecule has 0 aliphatic rings. The summed E-state index contributed by atoms with van der Waals surface area (Å²) in [5, 5.41) is 30.7. The number of nitrogens with one attached hydrogen (secondary N) is 2. The molecule has 0 saturated carbocycles. The Bertz CT molecular complexity index is 1350. The maximum absolute atomic E-state index is 13.9. The SMILES string of the molecule is CCc1cccc(CNC[C@H](O)[C@H](Cc2cc(F)cc(F)c2)NC(=O)C(O)(c2ccccc2)c2cccs2)c1. The van der Waals surface area contributed by atoms with Crippen molar-refractivity contribution >= 4 is 17.2 Å². The van der Waals surface area contributed by atoms with Crippen LogP contribution in [0.5, 0.6) is 0 Å². The van der Waals surface area contributed by atoms with E-state index in [1.54, 1.807) is 47.8 Å². The molecule has 4 N–H and O–H groups in total. The molecule has 0 spiro atoms. The number of carbonyl (C=O) groups excluding carboxylic acids is 1. The van der Waals surface area contributed by atoms with Gasteiger partial charge in [-0.3, -0.25) is 4.79 Å². The fourth-order valence-electron chi connectivity index (χ4n) is 4.55. The first-order valence-electron chi connectivity index (χ1n) is 12.8. The molecular weight excluding hydrogens is 518 g/mol. The van der Waals surface area contributed by atoms with E-state index in [1.807, 2.05) is 18.2 Å². The van der Waals surface area contributed by atoms with Gasteiger partial charge in [0.2, 0.25) is 5.60 Å². The monoisotopic (exact) mass is 550 g/mol. The number of thiophene rings is 1. The van der Waals surface area contributed by atoms with Crippen molar-refractivity contribution in [3.05, 3.63) is 129 Å². The third-order valence-corrected chi connectivity index (χ3v) is 7.62. The molecule has 0 bridgehead atoms. The molecule has 0 aliphatic carbocycles. The molecule has 4 rings (SSSR count). The largest absolute Gasteiger partial charge is 0.390 e. The first kappa shape index (κ1) is 28.6. The number of hydrogen-bond donors (Lipinski definition) is 4. The van der Waals surface area contributed by atoms with Crippen LogP contribution in [0.4, 0.5) is 8.78 Å². The summed E-state index contributed by atoms with van der Waals surface area (Å²) in [5.74, 6) is -2.25. The lowest BCUT2D eigenvalue weighted by molar-refractivity contribution is -0.138. The van der Waals surface area contributed by atoms with Crippen LogP contribution in [0, 0.1) is 11.6 Å². The summed E-state index contributed by atoms with van der Waals surface area (Å²) in [4.78, 5) is 14.1. The predicted molar refractivity (Wildman–Crippen MR) is 149 cm³/mol. The van der Waals surface area contributed by atoms with Gasteiger partial charge in [-0.1, -0.05) is 67.6 Å². The molecule has 1 unspecified atom stereocenters. The quantitative estimate of drug-likeness (QED) is 0.206. The van der Waals surface area contributed by atoms with Crippen LogP contribution >= 0.6 is 11.3 Å². The molecule has 3 atom stereocenters. The van der Waals surface area contributed by atoms with Gasteiger partial charge in [-0.15, -0.1) is 11.3 Å². The van der Waals surface area contributed by atoms with Crippen molar-refractivity contribution in [2.75, 3.05) is 6.54 Å². The van der Waals surface area contributed by atoms with Crippen molar-refractivity contribution in [2.45, 2.75) is 44.1 Å². The van der Waals surface area contributed by atoms with E-state index in [1.165, 1.54) is 29.0 Å². The van der Waals surface area contributed by atoms with Crippen LogP contribution in [0.15, 0.2) is 90.3 Å². The average Bonchev–Trinajstić information content (AvgIpc) is 3.48. The Morgan fingerprint density at radius 1 is 0.923 bits per heavy atom. The van der Waals surface area contributed by atoms with E-state index >= 15 is 0 Å². The number of aliphatic hydroxyl groups is 2. The summed E-state index contributed by atoms with van der Waals surface area (Å²) in [7, 11) is 0. The fraction of sp³-hybridized carbons (Fsp3) is 0.258. The van der Waals surface area contributed by atoms with E-state index in [2.05, 4.69) is 23.6 Å². The zero-order chi connectivity index (χ0) is 27.8. The summed E-state index contributed by atoms with van der Waals surface area (Å²) >= 11 is 1.23. The third-order valence-electron chi connectivity index (χ3n) is 6.64. The molecule has 0 fully saturated rings. The molecule has 8 heteroatoms. The van der Waals surface area contributed by atoms with Crippen LogP contribution in [0.25, 0.3) is 0 Å². The van der Waals surface area contributed by atoms with E-state index in [0.29, 0.717) is 17.0 Å². The minimum Gasteiger partial charge on any atom is -0.390 e. The van der Waals surface area contributed by atoms with E-state index < -0.39 is 35.3 Å². The van der Waals surface area contributed by atoms with Gasteiger partial charge in [0, 0.05) is 19.2 Å². The highest BCUT2D eigenvalue weighted by Gasteiger charge is 2.42. The van der Waals surface area contributed by atoms with Crippen molar-refractivity contribution in [3.63, 3.8) is 0 Å². The number of carbonyl (C=O) groups is 1. The van der Waals surface area contributed by atoms with Crippen LogP contribution in [0.3, 0.4) is 0 Å². The highest BCUT2D eigenvalue weighted by molar-refractivity contribution is 7.10. The zero-order valence-corrected chi connectivity index (χ0v) is 22.4. The van der Waals surface area contributed by atoms with Gasteiger partial charge < -0.3 is 20.8 Å². The number of halogens is 2. The Kier molecular flexibility index (Phi) is 9.59. The number of amides is 1. The normalized spacial score (nSPS) is 14.4. The van der Waals surface area contributed by atoms with Crippen molar-refractivity contribution < 1.29 is 23.8 Å². The Balaban J connectivity index is 1.57. The Labute approximate surface area is 231 Å². The Hall–Kier alpha value is -3.43. The summed E-state index contributed by atoms with van der Waals surface area (Å²) in [6.07, 6.45) is -0.272. The van der Waals surface area contributed by atoms with Crippen molar-refractivity contribution in [1.82, 2.24) is 10.6 Å². The predicted octanol–water partition coefficient (Wildman–Crippen LogP) is 4.70. The maximum atomic E-state index is 13.9. The van der Waals surface area contributed by atoms with Gasteiger partial charge in [0.05, 0.1) is 17.0 Å². The number of aliphatic hydroxyl groups excluding tert-OH is 1. The molecule has 0 radical (unpaired) electrons. The highest BCUT2D eigenvalue weighted by Crippen LogP contribution is 2.33. The number of benzene rings is 3. The lowest BCUT2D eigenvalue weighted by Crippen LogP contribution is -2.54. The Morgan fingerprint density at radius 2 is 1.64 bits per heavy atom. The van der Waals surface area contributed by atoms with E-state index in [0.717, 1.165) is 18.1 Å². The molecular formula is C31H32F2N2O3S. The summed E-state index contributed by atoms with van der Waals surface area (Å²) in [6, 6.07) is 22.2. The van der Waals surface area contributed by atoms with E-state index in [9.17, 15) is 23.8 Å². The van der Waals surface area contributed by atoms with E-state index in [-0.39, 0.29) is 18.5 Å². The second-order valence-electron chi connectivity index (χ2n) is 9.49.